The van der Waals surface area contributed by atoms with Gasteiger partial charge in [-0.05, 0) is 86.7 Å². The summed E-state index contributed by atoms with van der Waals surface area (Å²) in [5.41, 5.74) is 3.19. The molecule has 4 nitrogen and oxygen atoms in total. The number of halogens is 2. The van der Waals surface area contributed by atoms with E-state index in [1.54, 1.807) is 12.1 Å². The van der Waals surface area contributed by atoms with E-state index in [-0.39, 0.29) is 11.3 Å². The topological polar surface area (TPSA) is 73.1 Å². The minimum atomic E-state index is -0.480. The molecule has 0 fully saturated rings. The second kappa shape index (κ2) is 7.65. The first-order valence-corrected chi connectivity index (χ1v) is 8.59. The molecule has 0 radical (unpaired) electrons. The van der Waals surface area contributed by atoms with E-state index >= 15 is 0 Å². The first-order valence-electron chi connectivity index (χ1n) is 7.00. The number of hydrogen-bond donors (Lipinski definition) is 2. The summed E-state index contributed by atoms with van der Waals surface area (Å²) < 4.78 is 0.936. The third-order valence-corrected chi connectivity index (χ3v) is 4.57. The number of amides is 1. The van der Waals surface area contributed by atoms with Gasteiger partial charge in [-0.15, -0.1) is 0 Å². The number of anilines is 1. The molecule has 1 amide bonds. The highest BCUT2D eigenvalue weighted by molar-refractivity contribution is 9.11. The van der Waals surface area contributed by atoms with Crippen molar-refractivity contribution in [3.63, 3.8) is 0 Å². The van der Waals surface area contributed by atoms with Gasteiger partial charge in [-0.25, -0.2) is 0 Å². The molecule has 24 heavy (non-hydrogen) atoms. The average Bonchev–Trinajstić information content (AvgIpc) is 2.53. The minimum Gasteiger partial charge on any atom is -0.506 e. The van der Waals surface area contributed by atoms with Gasteiger partial charge in [0.05, 0.1) is 8.95 Å². The molecule has 2 N–H and O–H groups in total. The number of carbonyl (C=O) groups is 1. The molecular weight excluding hydrogens is 436 g/mol. The Hall–Kier alpha value is -2.10. The summed E-state index contributed by atoms with van der Waals surface area (Å²) in [7, 11) is 0. The Morgan fingerprint density at radius 1 is 1.21 bits per heavy atom. The number of rotatable bonds is 3. The lowest BCUT2D eigenvalue weighted by Gasteiger charge is -2.09. The van der Waals surface area contributed by atoms with E-state index in [2.05, 4.69) is 37.2 Å². The fourth-order valence-corrected chi connectivity index (χ4v) is 3.27. The van der Waals surface area contributed by atoms with Crippen LogP contribution in [0.15, 0.2) is 44.9 Å². The zero-order valence-electron chi connectivity index (χ0n) is 13.0. The molecule has 0 unspecified atom stereocenters. The van der Waals surface area contributed by atoms with Gasteiger partial charge >= 0.3 is 0 Å². The van der Waals surface area contributed by atoms with Crippen LogP contribution in [0.5, 0.6) is 5.75 Å². The Morgan fingerprint density at radius 3 is 2.42 bits per heavy atom. The van der Waals surface area contributed by atoms with E-state index in [0.717, 1.165) is 11.1 Å². The summed E-state index contributed by atoms with van der Waals surface area (Å²) in [4.78, 5) is 12.4. The first kappa shape index (κ1) is 18.2. The second-order valence-electron chi connectivity index (χ2n) is 5.28. The molecule has 6 heteroatoms. The largest absolute Gasteiger partial charge is 0.506 e. The van der Waals surface area contributed by atoms with Crippen LogP contribution >= 0.6 is 31.9 Å². The zero-order valence-corrected chi connectivity index (χ0v) is 16.2. The van der Waals surface area contributed by atoms with E-state index in [9.17, 15) is 15.2 Å². The lowest BCUT2D eigenvalue weighted by molar-refractivity contribution is -0.112. The summed E-state index contributed by atoms with van der Waals surface area (Å²) in [6.45, 7) is 3.82. The van der Waals surface area contributed by atoms with Gasteiger partial charge in [-0.2, -0.15) is 5.26 Å². The third-order valence-electron chi connectivity index (χ3n) is 3.36. The molecule has 0 saturated heterocycles. The SMILES string of the molecule is Cc1ccc(C)c(NC(=O)/C(C#N)=C/c2cc(Br)c(O)c(Br)c2)c1. The highest BCUT2D eigenvalue weighted by atomic mass is 79.9. The molecule has 0 aliphatic rings. The summed E-state index contributed by atoms with van der Waals surface area (Å²) in [6.07, 6.45) is 1.47. The van der Waals surface area contributed by atoms with E-state index in [1.165, 1.54) is 6.08 Å². The summed E-state index contributed by atoms with van der Waals surface area (Å²) in [5, 5.41) is 21.8. The fraction of sp³-hybridized carbons (Fsp3) is 0.111. The number of nitriles is 1. The summed E-state index contributed by atoms with van der Waals surface area (Å²) in [5.74, 6) is -0.419. The number of phenols is 1. The summed E-state index contributed by atoms with van der Waals surface area (Å²) >= 11 is 6.45. The van der Waals surface area contributed by atoms with Gasteiger partial charge in [0.1, 0.15) is 17.4 Å². The monoisotopic (exact) mass is 448 g/mol. The minimum absolute atomic E-state index is 0.0274. The van der Waals surface area contributed by atoms with Crippen molar-refractivity contribution < 1.29 is 9.90 Å². The number of nitrogens with one attached hydrogen (secondary N) is 1. The van der Waals surface area contributed by atoms with E-state index in [0.29, 0.717) is 20.2 Å². The maximum Gasteiger partial charge on any atom is 0.266 e. The molecule has 0 spiro atoms. The van der Waals surface area contributed by atoms with Crippen molar-refractivity contribution in [2.75, 3.05) is 5.32 Å². The lowest BCUT2D eigenvalue weighted by atomic mass is 10.1. The molecule has 0 atom stereocenters. The normalized spacial score (nSPS) is 11.0. The molecule has 0 heterocycles. The van der Waals surface area contributed by atoms with Crippen LogP contribution in [-0.2, 0) is 4.79 Å². The van der Waals surface area contributed by atoms with Crippen LogP contribution in [0.2, 0.25) is 0 Å². The molecular formula is C18H14Br2N2O2. The molecule has 0 aliphatic carbocycles. The summed E-state index contributed by atoms with van der Waals surface area (Å²) in [6, 6.07) is 10.9. The van der Waals surface area contributed by atoms with E-state index < -0.39 is 5.91 Å². The molecule has 0 aliphatic heterocycles. The number of nitrogens with zero attached hydrogens (tertiary/aromatic N) is 1. The van der Waals surface area contributed by atoms with Gasteiger partial charge in [-0.1, -0.05) is 12.1 Å². The zero-order chi connectivity index (χ0) is 17.9. The predicted octanol–water partition coefficient (Wildman–Crippen LogP) is 5.08. The second-order valence-corrected chi connectivity index (χ2v) is 6.98. The van der Waals surface area contributed by atoms with Crippen molar-refractivity contribution in [1.29, 1.82) is 5.26 Å². The Balaban J connectivity index is 2.32. The van der Waals surface area contributed by atoms with Gasteiger partial charge in [0, 0.05) is 5.69 Å². The van der Waals surface area contributed by atoms with Crippen molar-refractivity contribution in [3.8, 4) is 11.8 Å². The fourth-order valence-electron chi connectivity index (χ4n) is 2.04. The molecule has 0 aromatic heterocycles. The molecule has 122 valence electrons. The number of carbonyl (C=O) groups excluding carboxylic acids is 1. The van der Waals surface area contributed by atoms with Crippen LogP contribution in [-0.4, -0.2) is 11.0 Å². The van der Waals surface area contributed by atoms with Crippen LogP contribution in [0.1, 0.15) is 16.7 Å². The van der Waals surface area contributed by atoms with Crippen molar-refractivity contribution in [2.24, 2.45) is 0 Å². The number of aryl methyl sites for hydroxylation is 2. The number of aromatic hydroxyl groups is 1. The van der Waals surface area contributed by atoms with Gasteiger partial charge in [0.25, 0.3) is 5.91 Å². The lowest BCUT2D eigenvalue weighted by Crippen LogP contribution is -2.14. The molecule has 2 rings (SSSR count). The number of hydrogen-bond acceptors (Lipinski definition) is 3. The quantitative estimate of drug-likeness (QED) is 0.506. The van der Waals surface area contributed by atoms with Gasteiger partial charge < -0.3 is 10.4 Å². The predicted molar refractivity (Wildman–Crippen MR) is 102 cm³/mol. The van der Waals surface area contributed by atoms with E-state index in [1.807, 2.05) is 38.1 Å². The maximum absolute atomic E-state index is 12.4. The van der Waals surface area contributed by atoms with Gasteiger partial charge in [0.15, 0.2) is 0 Å². The standard InChI is InChI=1S/C18H14Br2N2O2/c1-10-3-4-11(2)16(5-10)22-18(24)13(9-21)6-12-7-14(19)17(23)15(20)8-12/h3-8,23H,1-2H3,(H,22,24)/b13-6+. The first-order chi connectivity index (χ1) is 11.3. The molecule has 0 bridgehead atoms. The highest BCUT2D eigenvalue weighted by Crippen LogP contribution is 2.34. The molecule has 2 aromatic carbocycles. The third kappa shape index (κ3) is 4.25. The van der Waals surface area contributed by atoms with Crippen LogP contribution in [0.4, 0.5) is 5.69 Å². The van der Waals surface area contributed by atoms with Crippen molar-refractivity contribution >= 4 is 49.5 Å². The highest BCUT2D eigenvalue weighted by Gasteiger charge is 2.12. The van der Waals surface area contributed by atoms with Crippen molar-refractivity contribution in [2.45, 2.75) is 13.8 Å². The smallest absolute Gasteiger partial charge is 0.266 e. The Morgan fingerprint density at radius 2 is 1.83 bits per heavy atom. The molecule has 2 aromatic rings. The Labute approximate surface area is 157 Å². The van der Waals surface area contributed by atoms with Crippen molar-refractivity contribution in [3.05, 3.63) is 61.5 Å². The Kier molecular flexibility index (Phi) is 5.81. The Bertz CT molecular complexity index is 860. The van der Waals surface area contributed by atoms with Gasteiger partial charge in [0.2, 0.25) is 0 Å². The number of phenolic OH excluding ortho intramolecular Hbond substituents is 1. The maximum atomic E-state index is 12.4. The van der Waals surface area contributed by atoms with Crippen LogP contribution in [0.3, 0.4) is 0 Å². The van der Waals surface area contributed by atoms with Crippen LogP contribution in [0, 0.1) is 25.2 Å². The van der Waals surface area contributed by atoms with Gasteiger partial charge in [-0.3, -0.25) is 4.79 Å². The van der Waals surface area contributed by atoms with Crippen LogP contribution < -0.4 is 5.32 Å². The average molecular weight is 450 g/mol. The number of benzene rings is 2. The molecule has 0 saturated carbocycles. The van der Waals surface area contributed by atoms with E-state index in [4.69, 9.17) is 0 Å². The van der Waals surface area contributed by atoms with Crippen molar-refractivity contribution in [1.82, 2.24) is 0 Å². The van der Waals surface area contributed by atoms with Crippen LogP contribution in [0.25, 0.3) is 6.08 Å².